The molecule has 128 valence electrons. The third-order valence-corrected chi connectivity index (χ3v) is 3.49. The van der Waals surface area contributed by atoms with Gasteiger partial charge in [0, 0.05) is 5.39 Å². The van der Waals surface area contributed by atoms with Gasteiger partial charge in [0.05, 0.1) is 5.56 Å². The molecule has 0 amide bonds. The first kappa shape index (κ1) is 16.8. The van der Waals surface area contributed by atoms with Crippen LogP contribution in [0.4, 0.5) is 13.2 Å². The summed E-state index contributed by atoms with van der Waals surface area (Å²) in [5, 5.41) is 0.535. The highest BCUT2D eigenvalue weighted by molar-refractivity contribution is 5.92. The minimum atomic E-state index is -4.49. The molecule has 0 saturated carbocycles. The molecule has 0 aliphatic heterocycles. The second-order valence-electron chi connectivity index (χ2n) is 5.26. The van der Waals surface area contributed by atoms with E-state index in [1.54, 1.807) is 24.3 Å². The third-order valence-electron chi connectivity index (χ3n) is 3.49. The van der Waals surface area contributed by atoms with Crippen LogP contribution < -0.4 is 5.63 Å². The molecular weight excluding hydrogens is 337 g/mol. The highest BCUT2D eigenvalue weighted by Crippen LogP contribution is 2.29. The lowest BCUT2D eigenvalue weighted by Crippen LogP contribution is -2.16. The number of fused-ring (bicyclic) bond motifs is 1. The van der Waals surface area contributed by atoms with E-state index in [-0.39, 0.29) is 11.1 Å². The van der Waals surface area contributed by atoms with Gasteiger partial charge in [-0.2, -0.15) is 13.2 Å². The summed E-state index contributed by atoms with van der Waals surface area (Å²) in [4.78, 5) is 23.9. The Labute approximate surface area is 139 Å². The summed E-state index contributed by atoms with van der Waals surface area (Å²) >= 11 is 0. The molecule has 0 radical (unpaired) electrons. The van der Waals surface area contributed by atoms with Crippen LogP contribution in [0.25, 0.3) is 11.0 Å². The normalized spacial score (nSPS) is 11.5. The maximum Gasteiger partial charge on any atom is 0.416 e. The van der Waals surface area contributed by atoms with Crippen LogP contribution in [0.1, 0.15) is 21.5 Å². The second kappa shape index (κ2) is 6.43. The van der Waals surface area contributed by atoms with Crippen LogP contribution in [-0.2, 0) is 17.5 Å². The maximum absolute atomic E-state index is 12.7. The number of benzene rings is 2. The van der Waals surface area contributed by atoms with Gasteiger partial charge < -0.3 is 9.15 Å². The first-order valence-corrected chi connectivity index (χ1v) is 7.21. The zero-order valence-electron chi connectivity index (χ0n) is 12.7. The van der Waals surface area contributed by atoms with Gasteiger partial charge in [0.15, 0.2) is 0 Å². The number of carbonyl (C=O) groups is 1. The fraction of sp³-hybridized carbons (Fsp3) is 0.111. The second-order valence-corrected chi connectivity index (χ2v) is 5.26. The van der Waals surface area contributed by atoms with E-state index < -0.39 is 29.9 Å². The van der Waals surface area contributed by atoms with E-state index in [2.05, 4.69) is 0 Å². The highest BCUT2D eigenvalue weighted by atomic mass is 19.4. The summed E-state index contributed by atoms with van der Waals surface area (Å²) in [7, 11) is 0. The van der Waals surface area contributed by atoms with E-state index in [0.717, 1.165) is 12.1 Å². The van der Waals surface area contributed by atoms with Gasteiger partial charge in [-0.05, 0) is 29.8 Å². The van der Waals surface area contributed by atoms with Crippen LogP contribution in [-0.4, -0.2) is 5.97 Å². The van der Waals surface area contributed by atoms with E-state index >= 15 is 0 Å². The number of esters is 1. The summed E-state index contributed by atoms with van der Waals surface area (Å²) in [5.41, 5.74) is -1.54. The Balaban J connectivity index is 1.79. The predicted molar refractivity (Wildman–Crippen MR) is 83.0 cm³/mol. The number of hydrogen-bond acceptors (Lipinski definition) is 4. The lowest BCUT2D eigenvalue weighted by Gasteiger charge is -2.09. The Morgan fingerprint density at radius 2 is 1.80 bits per heavy atom. The van der Waals surface area contributed by atoms with Crippen molar-refractivity contribution >= 4 is 16.9 Å². The third kappa shape index (κ3) is 3.71. The highest BCUT2D eigenvalue weighted by Gasteiger charge is 2.30. The lowest BCUT2D eigenvalue weighted by atomic mass is 10.1. The Morgan fingerprint density at radius 3 is 2.56 bits per heavy atom. The monoisotopic (exact) mass is 348 g/mol. The number of rotatable bonds is 3. The van der Waals surface area contributed by atoms with Gasteiger partial charge in [-0.3, -0.25) is 0 Å². The molecule has 3 aromatic rings. The van der Waals surface area contributed by atoms with Crippen LogP contribution in [0, 0.1) is 0 Å². The van der Waals surface area contributed by atoms with E-state index in [0.29, 0.717) is 11.0 Å². The van der Waals surface area contributed by atoms with E-state index in [1.165, 1.54) is 18.2 Å². The van der Waals surface area contributed by atoms with Gasteiger partial charge in [0.2, 0.25) is 0 Å². The molecule has 0 aliphatic carbocycles. The molecule has 0 saturated heterocycles. The van der Waals surface area contributed by atoms with Gasteiger partial charge in [-0.25, -0.2) is 9.59 Å². The lowest BCUT2D eigenvalue weighted by molar-refractivity contribution is -0.137. The average molecular weight is 348 g/mol. The molecule has 0 N–H and O–H groups in total. The van der Waals surface area contributed by atoms with Crippen molar-refractivity contribution < 1.29 is 27.1 Å². The topological polar surface area (TPSA) is 56.5 Å². The van der Waals surface area contributed by atoms with Crippen molar-refractivity contribution in [3.05, 3.63) is 81.7 Å². The molecular formula is C18H11F3O4. The molecule has 0 atom stereocenters. The van der Waals surface area contributed by atoms with Crippen LogP contribution in [0.2, 0.25) is 0 Å². The van der Waals surface area contributed by atoms with Crippen molar-refractivity contribution in [1.82, 2.24) is 0 Å². The Bertz CT molecular complexity index is 989. The standard InChI is InChI=1S/C18H11F3O4/c19-18(20,21)13-6-3-4-11(8-13)10-24-16(22)14-9-12-5-1-2-7-15(12)25-17(14)23/h1-9H,10H2. The first-order chi connectivity index (χ1) is 11.8. The van der Waals surface area contributed by atoms with Gasteiger partial charge in [-0.1, -0.05) is 30.3 Å². The first-order valence-electron chi connectivity index (χ1n) is 7.21. The summed E-state index contributed by atoms with van der Waals surface area (Å²) < 4.78 is 48.0. The largest absolute Gasteiger partial charge is 0.457 e. The molecule has 0 unspecified atom stereocenters. The van der Waals surface area contributed by atoms with Crippen molar-refractivity contribution in [2.45, 2.75) is 12.8 Å². The minimum Gasteiger partial charge on any atom is -0.457 e. The Kier molecular flexibility index (Phi) is 4.31. The molecule has 0 fully saturated rings. The SMILES string of the molecule is O=C(OCc1cccc(C(F)(F)F)c1)c1cc2ccccc2oc1=O. The zero-order valence-corrected chi connectivity index (χ0v) is 12.7. The van der Waals surface area contributed by atoms with Crippen molar-refractivity contribution in [1.29, 1.82) is 0 Å². The van der Waals surface area contributed by atoms with Crippen molar-refractivity contribution in [2.75, 3.05) is 0 Å². The van der Waals surface area contributed by atoms with Crippen molar-refractivity contribution in [3.63, 3.8) is 0 Å². The smallest absolute Gasteiger partial charge is 0.416 e. The Morgan fingerprint density at radius 1 is 1.04 bits per heavy atom. The van der Waals surface area contributed by atoms with Crippen LogP contribution in [0.15, 0.2) is 63.8 Å². The average Bonchev–Trinajstić information content (AvgIpc) is 2.58. The molecule has 4 nitrogen and oxygen atoms in total. The quantitative estimate of drug-likeness (QED) is 0.527. The van der Waals surface area contributed by atoms with E-state index in [1.807, 2.05) is 0 Å². The number of ether oxygens (including phenoxy) is 1. The summed E-state index contributed by atoms with van der Waals surface area (Å²) in [6, 6.07) is 12.4. The van der Waals surface area contributed by atoms with Crippen LogP contribution >= 0.6 is 0 Å². The molecule has 0 bridgehead atoms. The number of hydrogen-bond donors (Lipinski definition) is 0. The fourth-order valence-corrected chi connectivity index (χ4v) is 2.27. The van der Waals surface area contributed by atoms with Gasteiger partial charge >= 0.3 is 17.8 Å². The van der Waals surface area contributed by atoms with Crippen LogP contribution in [0.5, 0.6) is 0 Å². The molecule has 2 aromatic carbocycles. The molecule has 1 aromatic heterocycles. The van der Waals surface area contributed by atoms with Gasteiger partial charge in [-0.15, -0.1) is 0 Å². The number of halogens is 3. The fourth-order valence-electron chi connectivity index (χ4n) is 2.27. The molecule has 0 aliphatic rings. The van der Waals surface area contributed by atoms with Gasteiger partial charge in [0.25, 0.3) is 0 Å². The summed E-state index contributed by atoms with van der Waals surface area (Å²) in [5.74, 6) is -0.961. The van der Waals surface area contributed by atoms with E-state index in [4.69, 9.17) is 9.15 Å². The van der Waals surface area contributed by atoms with Crippen molar-refractivity contribution in [3.8, 4) is 0 Å². The molecule has 1 heterocycles. The summed E-state index contributed by atoms with van der Waals surface area (Å²) in [6.07, 6.45) is -4.49. The number of para-hydroxylation sites is 1. The molecule has 0 spiro atoms. The molecule has 25 heavy (non-hydrogen) atoms. The Hall–Kier alpha value is -3.09. The molecule has 3 rings (SSSR count). The summed E-state index contributed by atoms with van der Waals surface area (Å²) in [6.45, 7) is -0.394. The minimum absolute atomic E-state index is 0.161. The van der Waals surface area contributed by atoms with E-state index in [9.17, 15) is 22.8 Å². The van der Waals surface area contributed by atoms with Crippen molar-refractivity contribution in [2.24, 2.45) is 0 Å². The van der Waals surface area contributed by atoms with Crippen LogP contribution in [0.3, 0.4) is 0 Å². The predicted octanol–water partition coefficient (Wildman–Crippen LogP) is 4.17. The number of alkyl halides is 3. The zero-order chi connectivity index (χ0) is 18.0. The maximum atomic E-state index is 12.7. The number of carbonyl (C=O) groups excluding carboxylic acids is 1. The van der Waals surface area contributed by atoms with Gasteiger partial charge in [0.1, 0.15) is 17.8 Å². The molecule has 7 heteroatoms.